The molecule has 22 heavy (non-hydrogen) atoms. The van der Waals surface area contributed by atoms with E-state index in [0.29, 0.717) is 12.0 Å². The first-order valence-electron chi connectivity index (χ1n) is 6.64. The van der Waals surface area contributed by atoms with Crippen molar-refractivity contribution in [1.82, 2.24) is 5.32 Å². The molecule has 2 aromatic rings. The van der Waals surface area contributed by atoms with E-state index in [4.69, 9.17) is 4.74 Å². The summed E-state index contributed by atoms with van der Waals surface area (Å²) >= 11 is 0. The number of benzene rings is 2. The third-order valence-electron chi connectivity index (χ3n) is 2.94. The SMILES string of the molecule is O=C(COc1ccc(F)c(F)c1)NCCc1ccccc1F. The van der Waals surface area contributed by atoms with Gasteiger partial charge in [-0.25, -0.2) is 13.2 Å². The van der Waals surface area contributed by atoms with Gasteiger partial charge in [0.1, 0.15) is 11.6 Å². The lowest BCUT2D eigenvalue weighted by Gasteiger charge is -2.08. The van der Waals surface area contributed by atoms with Gasteiger partial charge in [0.25, 0.3) is 5.91 Å². The molecule has 1 N–H and O–H groups in total. The quantitative estimate of drug-likeness (QED) is 0.891. The van der Waals surface area contributed by atoms with Crippen LogP contribution in [0.4, 0.5) is 13.2 Å². The first kappa shape index (κ1) is 15.9. The average molecular weight is 309 g/mol. The van der Waals surface area contributed by atoms with Crippen LogP contribution in [0.1, 0.15) is 5.56 Å². The van der Waals surface area contributed by atoms with Gasteiger partial charge in [0.15, 0.2) is 18.2 Å². The fraction of sp³-hybridized carbons (Fsp3) is 0.188. The van der Waals surface area contributed by atoms with Crippen molar-refractivity contribution in [1.29, 1.82) is 0 Å². The van der Waals surface area contributed by atoms with Crippen molar-refractivity contribution in [2.45, 2.75) is 6.42 Å². The van der Waals surface area contributed by atoms with Gasteiger partial charge in [0.05, 0.1) is 0 Å². The minimum Gasteiger partial charge on any atom is -0.484 e. The van der Waals surface area contributed by atoms with Crippen LogP contribution in [0.3, 0.4) is 0 Å². The van der Waals surface area contributed by atoms with Crippen LogP contribution >= 0.6 is 0 Å². The first-order chi connectivity index (χ1) is 10.6. The molecule has 0 spiro atoms. The topological polar surface area (TPSA) is 38.3 Å². The summed E-state index contributed by atoms with van der Waals surface area (Å²) in [6.07, 6.45) is 0.351. The van der Waals surface area contributed by atoms with E-state index in [1.165, 1.54) is 12.1 Å². The minimum atomic E-state index is -1.04. The number of hydrogen-bond acceptors (Lipinski definition) is 2. The van der Waals surface area contributed by atoms with E-state index in [9.17, 15) is 18.0 Å². The molecule has 0 aliphatic heterocycles. The molecule has 3 nitrogen and oxygen atoms in total. The van der Waals surface area contributed by atoms with Gasteiger partial charge in [-0.15, -0.1) is 0 Å². The Hall–Kier alpha value is -2.50. The number of rotatable bonds is 6. The molecule has 0 aliphatic rings. The monoisotopic (exact) mass is 309 g/mol. The largest absolute Gasteiger partial charge is 0.484 e. The number of amides is 1. The third kappa shape index (κ3) is 4.51. The highest BCUT2D eigenvalue weighted by molar-refractivity contribution is 5.77. The fourth-order valence-corrected chi connectivity index (χ4v) is 1.80. The number of ether oxygens (including phenoxy) is 1. The van der Waals surface area contributed by atoms with E-state index >= 15 is 0 Å². The van der Waals surface area contributed by atoms with E-state index in [1.54, 1.807) is 18.2 Å². The van der Waals surface area contributed by atoms with Gasteiger partial charge in [0, 0.05) is 12.6 Å². The van der Waals surface area contributed by atoms with Gasteiger partial charge in [-0.3, -0.25) is 4.79 Å². The second kappa shape index (κ2) is 7.49. The maximum atomic E-state index is 13.4. The summed E-state index contributed by atoms with van der Waals surface area (Å²) in [5.74, 6) is -2.72. The van der Waals surface area contributed by atoms with E-state index in [0.717, 1.165) is 12.1 Å². The maximum Gasteiger partial charge on any atom is 0.257 e. The maximum absolute atomic E-state index is 13.4. The zero-order chi connectivity index (χ0) is 15.9. The molecule has 0 heterocycles. The van der Waals surface area contributed by atoms with Crippen molar-refractivity contribution in [2.75, 3.05) is 13.2 Å². The molecular weight excluding hydrogens is 295 g/mol. The second-order valence-electron chi connectivity index (χ2n) is 4.56. The molecule has 0 radical (unpaired) electrons. The molecule has 2 aromatic carbocycles. The van der Waals surface area contributed by atoms with E-state index in [-0.39, 0.29) is 24.7 Å². The van der Waals surface area contributed by atoms with Crippen LogP contribution in [0.15, 0.2) is 42.5 Å². The van der Waals surface area contributed by atoms with Crippen molar-refractivity contribution in [3.63, 3.8) is 0 Å². The lowest BCUT2D eigenvalue weighted by Crippen LogP contribution is -2.30. The molecule has 0 atom stereocenters. The summed E-state index contributed by atoms with van der Waals surface area (Å²) < 4.78 is 44.0. The number of nitrogens with one attached hydrogen (secondary N) is 1. The number of halogens is 3. The molecule has 6 heteroatoms. The van der Waals surface area contributed by atoms with Crippen LogP contribution in [-0.4, -0.2) is 19.1 Å². The summed E-state index contributed by atoms with van der Waals surface area (Å²) in [4.78, 5) is 11.5. The number of carbonyl (C=O) groups excluding carboxylic acids is 1. The van der Waals surface area contributed by atoms with Crippen molar-refractivity contribution < 1.29 is 22.7 Å². The lowest BCUT2D eigenvalue weighted by molar-refractivity contribution is -0.123. The Balaban J connectivity index is 1.74. The van der Waals surface area contributed by atoms with Crippen molar-refractivity contribution in [3.05, 3.63) is 65.5 Å². The van der Waals surface area contributed by atoms with E-state index < -0.39 is 17.5 Å². The van der Waals surface area contributed by atoms with Gasteiger partial charge in [0.2, 0.25) is 0 Å². The molecule has 0 saturated heterocycles. The van der Waals surface area contributed by atoms with Gasteiger partial charge in [-0.2, -0.15) is 0 Å². The predicted octanol–water partition coefficient (Wildman–Crippen LogP) is 2.84. The molecule has 1 amide bonds. The highest BCUT2D eigenvalue weighted by atomic mass is 19.2. The molecule has 0 bridgehead atoms. The summed E-state index contributed by atoms with van der Waals surface area (Å²) in [5.41, 5.74) is 0.504. The Bertz CT molecular complexity index is 662. The highest BCUT2D eigenvalue weighted by Gasteiger charge is 2.07. The van der Waals surface area contributed by atoms with Crippen LogP contribution in [0.2, 0.25) is 0 Å². The summed E-state index contributed by atoms with van der Waals surface area (Å²) in [5, 5.41) is 2.56. The predicted molar refractivity (Wildman–Crippen MR) is 75.0 cm³/mol. The van der Waals surface area contributed by atoms with Crippen molar-refractivity contribution >= 4 is 5.91 Å². The molecule has 0 fully saturated rings. The van der Waals surface area contributed by atoms with Gasteiger partial charge >= 0.3 is 0 Å². The Kier molecular flexibility index (Phi) is 5.41. The molecule has 116 valence electrons. The smallest absolute Gasteiger partial charge is 0.257 e. The van der Waals surface area contributed by atoms with Crippen molar-refractivity contribution in [2.24, 2.45) is 0 Å². The number of hydrogen-bond donors (Lipinski definition) is 1. The van der Waals surface area contributed by atoms with Gasteiger partial charge < -0.3 is 10.1 Å². The Morgan fingerprint density at radius 3 is 2.50 bits per heavy atom. The molecule has 2 rings (SSSR count). The summed E-state index contributed by atoms with van der Waals surface area (Å²) in [7, 11) is 0. The zero-order valence-corrected chi connectivity index (χ0v) is 11.6. The summed E-state index contributed by atoms with van der Waals surface area (Å²) in [6.45, 7) is -0.0801. The number of carbonyl (C=O) groups is 1. The second-order valence-corrected chi connectivity index (χ2v) is 4.56. The van der Waals surface area contributed by atoms with Crippen LogP contribution in [0, 0.1) is 17.5 Å². The van der Waals surface area contributed by atoms with Crippen LogP contribution in [0.5, 0.6) is 5.75 Å². The Morgan fingerprint density at radius 2 is 1.77 bits per heavy atom. The van der Waals surface area contributed by atoms with E-state index in [1.807, 2.05) is 0 Å². The normalized spacial score (nSPS) is 10.3. The molecule has 0 aromatic heterocycles. The van der Waals surface area contributed by atoms with Crippen LogP contribution in [-0.2, 0) is 11.2 Å². The molecule has 0 aliphatic carbocycles. The van der Waals surface area contributed by atoms with Crippen molar-refractivity contribution in [3.8, 4) is 5.75 Å². The Labute approximate surface area is 125 Å². The Morgan fingerprint density at radius 1 is 1.00 bits per heavy atom. The van der Waals surface area contributed by atoms with Gasteiger partial charge in [-0.1, -0.05) is 18.2 Å². The standard InChI is InChI=1S/C16H14F3NO2/c17-13-4-2-1-3-11(13)7-8-20-16(21)10-22-12-5-6-14(18)15(19)9-12/h1-6,9H,7-8,10H2,(H,20,21). The minimum absolute atomic E-state index is 0.0585. The van der Waals surface area contributed by atoms with Gasteiger partial charge in [-0.05, 0) is 30.2 Å². The zero-order valence-electron chi connectivity index (χ0n) is 11.6. The lowest BCUT2D eigenvalue weighted by atomic mass is 10.1. The summed E-state index contributed by atoms with van der Waals surface area (Å²) in [6, 6.07) is 9.30. The highest BCUT2D eigenvalue weighted by Crippen LogP contribution is 2.15. The molecule has 0 unspecified atom stereocenters. The first-order valence-corrected chi connectivity index (χ1v) is 6.64. The fourth-order valence-electron chi connectivity index (χ4n) is 1.80. The third-order valence-corrected chi connectivity index (χ3v) is 2.94. The van der Waals surface area contributed by atoms with E-state index in [2.05, 4.69) is 5.32 Å². The molecular formula is C16H14F3NO2. The van der Waals surface area contributed by atoms with Crippen LogP contribution < -0.4 is 10.1 Å². The van der Waals surface area contributed by atoms with Crippen LogP contribution in [0.25, 0.3) is 0 Å². The average Bonchev–Trinajstić information content (AvgIpc) is 2.50. The molecule has 0 saturated carbocycles.